The summed E-state index contributed by atoms with van der Waals surface area (Å²) in [6.45, 7) is 0. The summed E-state index contributed by atoms with van der Waals surface area (Å²) in [5.74, 6) is 0.759. The van der Waals surface area contributed by atoms with E-state index < -0.39 is 11.7 Å². The Morgan fingerprint density at radius 2 is 2.10 bits per heavy atom. The molecule has 3 nitrogen and oxygen atoms in total. The van der Waals surface area contributed by atoms with Gasteiger partial charge in [-0.1, -0.05) is 0 Å². The van der Waals surface area contributed by atoms with Crippen molar-refractivity contribution in [3.63, 3.8) is 0 Å². The van der Waals surface area contributed by atoms with E-state index in [-0.39, 0.29) is 11.4 Å². The van der Waals surface area contributed by atoms with Crippen LogP contribution in [0.2, 0.25) is 0 Å². The Bertz CT molecular complexity index is 664. The highest BCUT2D eigenvalue weighted by atomic mass is 19.4. The third-order valence-electron chi connectivity index (χ3n) is 4.35. The SMILES string of the molecule is FC(F)(F)c1ccc2oc(C3CC4CCC3N4)nc2c1. The molecule has 1 aromatic carbocycles. The van der Waals surface area contributed by atoms with Gasteiger partial charge in [0.05, 0.1) is 11.5 Å². The lowest BCUT2D eigenvalue weighted by Crippen LogP contribution is -2.21. The van der Waals surface area contributed by atoms with Crippen LogP contribution in [0.5, 0.6) is 0 Å². The molecule has 6 heteroatoms. The molecule has 1 aromatic heterocycles. The van der Waals surface area contributed by atoms with Crippen molar-refractivity contribution in [3.05, 3.63) is 29.7 Å². The summed E-state index contributed by atoms with van der Waals surface area (Å²) in [7, 11) is 0. The molecule has 1 N–H and O–H groups in total. The van der Waals surface area contributed by atoms with Crippen molar-refractivity contribution >= 4 is 11.1 Å². The van der Waals surface area contributed by atoms with E-state index in [1.807, 2.05) is 0 Å². The lowest BCUT2D eigenvalue weighted by atomic mass is 9.89. The summed E-state index contributed by atoms with van der Waals surface area (Å²) in [4.78, 5) is 4.28. The van der Waals surface area contributed by atoms with Gasteiger partial charge in [-0.2, -0.15) is 13.2 Å². The molecule has 106 valence electrons. The summed E-state index contributed by atoms with van der Waals surface area (Å²) < 4.78 is 43.7. The van der Waals surface area contributed by atoms with E-state index in [0.717, 1.165) is 25.0 Å². The summed E-state index contributed by atoms with van der Waals surface area (Å²) in [6.07, 6.45) is -1.13. The van der Waals surface area contributed by atoms with Crippen molar-refractivity contribution < 1.29 is 17.6 Å². The molecule has 3 heterocycles. The maximum Gasteiger partial charge on any atom is 0.416 e. The third kappa shape index (κ3) is 1.82. The number of fused-ring (bicyclic) bond motifs is 3. The van der Waals surface area contributed by atoms with Gasteiger partial charge in [0.2, 0.25) is 0 Å². The first-order valence-electron chi connectivity index (χ1n) is 6.74. The van der Waals surface area contributed by atoms with Crippen molar-refractivity contribution in [1.29, 1.82) is 0 Å². The van der Waals surface area contributed by atoms with Crippen LogP contribution < -0.4 is 5.32 Å². The zero-order valence-electron chi connectivity index (χ0n) is 10.6. The van der Waals surface area contributed by atoms with Crippen molar-refractivity contribution in [2.24, 2.45) is 0 Å². The van der Waals surface area contributed by atoms with Crippen LogP contribution in [0.15, 0.2) is 22.6 Å². The van der Waals surface area contributed by atoms with E-state index >= 15 is 0 Å². The van der Waals surface area contributed by atoms with Crippen molar-refractivity contribution in [3.8, 4) is 0 Å². The van der Waals surface area contributed by atoms with E-state index in [0.29, 0.717) is 23.6 Å². The number of nitrogens with zero attached hydrogens (tertiary/aromatic N) is 1. The maximum absolute atomic E-state index is 12.7. The standard InChI is InChI=1S/C14H13F3N2O/c15-14(16,17)7-1-4-12-11(5-7)19-13(20-12)9-6-8-2-3-10(9)18-8/h1,4-5,8-10,18H,2-3,6H2. The maximum atomic E-state index is 12.7. The Hall–Kier alpha value is -1.56. The average Bonchev–Trinajstić information content (AvgIpc) is 3.10. The van der Waals surface area contributed by atoms with Crippen LogP contribution in [-0.4, -0.2) is 17.1 Å². The first kappa shape index (κ1) is 12.2. The van der Waals surface area contributed by atoms with Crippen molar-refractivity contribution in [2.75, 3.05) is 0 Å². The Balaban J connectivity index is 1.72. The lowest BCUT2D eigenvalue weighted by Gasteiger charge is -2.15. The molecule has 2 saturated heterocycles. The molecule has 2 bridgehead atoms. The molecule has 3 unspecified atom stereocenters. The summed E-state index contributed by atoms with van der Waals surface area (Å²) >= 11 is 0. The topological polar surface area (TPSA) is 38.1 Å². The van der Waals surface area contributed by atoms with E-state index in [9.17, 15) is 13.2 Å². The number of hydrogen-bond acceptors (Lipinski definition) is 3. The van der Waals surface area contributed by atoms with Crippen LogP contribution in [0.3, 0.4) is 0 Å². The first-order chi connectivity index (χ1) is 9.50. The monoisotopic (exact) mass is 282 g/mol. The fourth-order valence-corrected chi connectivity index (χ4v) is 3.38. The third-order valence-corrected chi connectivity index (χ3v) is 4.35. The van der Waals surface area contributed by atoms with Gasteiger partial charge in [0.25, 0.3) is 0 Å². The van der Waals surface area contributed by atoms with Crippen LogP contribution in [0.25, 0.3) is 11.1 Å². The van der Waals surface area contributed by atoms with Gasteiger partial charge in [-0.25, -0.2) is 4.98 Å². The number of benzene rings is 1. The van der Waals surface area contributed by atoms with Crippen LogP contribution in [0, 0.1) is 0 Å². The summed E-state index contributed by atoms with van der Waals surface area (Å²) in [5, 5.41) is 3.48. The van der Waals surface area contributed by atoms with Gasteiger partial charge >= 0.3 is 6.18 Å². The van der Waals surface area contributed by atoms with Gasteiger partial charge in [0.1, 0.15) is 5.52 Å². The van der Waals surface area contributed by atoms with E-state index in [1.165, 1.54) is 12.5 Å². The summed E-state index contributed by atoms with van der Waals surface area (Å²) in [5.41, 5.74) is 0.0317. The number of alkyl halides is 3. The molecule has 20 heavy (non-hydrogen) atoms. The number of aromatic nitrogens is 1. The highest BCUT2D eigenvalue weighted by Crippen LogP contribution is 2.40. The molecule has 2 aliphatic rings. The smallest absolute Gasteiger partial charge is 0.416 e. The van der Waals surface area contributed by atoms with Crippen molar-refractivity contribution in [1.82, 2.24) is 10.3 Å². The van der Waals surface area contributed by atoms with Gasteiger partial charge in [-0.05, 0) is 37.5 Å². The summed E-state index contributed by atoms with van der Waals surface area (Å²) in [6, 6.07) is 4.31. The minimum absolute atomic E-state index is 0.190. The number of rotatable bonds is 1. The Morgan fingerprint density at radius 1 is 1.25 bits per heavy atom. The average molecular weight is 282 g/mol. The number of hydrogen-bond donors (Lipinski definition) is 1. The largest absolute Gasteiger partial charge is 0.440 e. The van der Waals surface area contributed by atoms with Gasteiger partial charge < -0.3 is 9.73 Å². The highest BCUT2D eigenvalue weighted by molar-refractivity contribution is 5.73. The number of halogens is 3. The zero-order valence-corrected chi connectivity index (χ0v) is 10.6. The molecule has 4 rings (SSSR count). The molecule has 0 radical (unpaired) electrons. The lowest BCUT2D eigenvalue weighted by molar-refractivity contribution is -0.137. The van der Waals surface area contributed by atoms with Crippen LogP contribution in [0.4, 0.5) is 13.2 Å². The normalized spacial score (nSPS) is 29.4. The molecule has 2 aliphatic heterocycles. The van der Waals surface area contributed by atoms with Gasteiger partial charge in [-0.3, -0.25) is 0 Å². The molecule has 0 spiro atoms. The van der Waals surface area contributed by atoms with Gasteiger partial charge in [-0.15, -0.1) is 0 Å². The van der Waals surface area contributed by atoms with E-state index in [1.54, 1.807) is 0 Å². The van der Waals surface area contributed by atoms with Crippen LogP contribution in [-0.2, 0) is 6.18 Å². The minimum Gasteiger partial charge on any atom is -0.440 e. The molecule has 0 saturated carbocycles. The molecule has 2 fully saturated rings. The van der Waals surface area contributed by atoms with Crippen molar-refractivity contribution in [2.45, 2.75) is 43.4 Å². The van der Waals surface area contributed by atoms with Crippen LogP contribution in [0.1, 0.15) is 36.6 Å². The molecule has 0 aliphatic carbocycles. The zero-order chi connectivity index (χ0) is 13.9. The fraction of sp³-hybridized carbons (Fsp3) is 0.500. The first-order valence-corrected chi connectivity index (χ1v) is 6.74. The number of nitrogens with one attached hydrogen (secondary N) is 1. The fourth-order valence-electron chi connectivity index (χ4n) is 3.38. The molecule has 0 amide bonds. The van der Waals surface area contributed by atoms with Gasteiger partial charge in [0, 0.05) is 12.1 Å². The Morgan fingerprint density at radius 3 is 2.75 bits per heavy atom. The predicted octanol–water partition coefficient (Wildman–Crippen LogP) is 3.45. The second-order valence-electron chi connectivity index (χ2n) is 5.62. The number of oxazole rings is 1. The molecule has 2 aromatic rings. The predicted molar refractivity (Wildman–Crippen MR) is 66.3 cm³/mol. The Labute approximate surface area is 113 Å². The highest BCUT2D eigenvalue weighted by Gasteiger charge is 2.42. The van der Waals surface area contributed by atoms with E-state index in [4.69, 9.17) is 4.42 Å². The minimum atomic E-state index is -4.35. The molecular weight excluding hydrogens is 269 g/mol. The molecule has 3 atom stereocenters. The van der Waals surface area contributed by atoms with Gasteiger partial charge in [0.15, 0.2) is 11.5 Å². The second kappa shape index (κ2) is 3.97. The molecular formula is C14H13F3N2O. The van der Waals surface area contributed by atoms with Crippen LogP contribution >= 0.6 is 0 Å². The Kier molecular flexibility index (Phi) is 2.42. The quantitative estimate of drug-likeness (QED) is 0.870. The second-order valence-corrected chi connectivity index (χ2v) is 5.62. The van der Waals surface area contributed by atoms with E-state index in [2.05, 4.69) is 10.3 Å².